The van der Waals surface area contributed by atoms with E-state index in [9.17, 15) is 22.0 Å². The quantitative estimate of drug-likeness (QED) is 0.623. The van der Waals surface area contributed by atoms with Gasteiger partial charge in [-0.1, -0.05) is 18.2 Å². The van der Waals surface area contributed by atoms with E-state index in [4.69, 9.17) is 0 Å². The van der Waals surface area contributed by atoms with Gasteiger partial charge in [0.25, 0.3) is 0 Å². The minimum Gasteiger partial charge on any atom is -0.353 e. The summed E-state index contributed by atoms with van der Waals surface area (Å²) >= 11 is 1.46. The van der Waals surface area contributed by atoms with Crippen LogP contribution in [0.4, 0.5) is 14.5 Å². The van der Waals surface area contributed by atoms with E-state index < -0.39 is 27.8 Å². The number of rotatable bonds is 9. The van der Waals surface area contributed by atoms with Crippen LogP contribution >= 0.6 is 11.8 Å². The summed E-state index contributed by atoms with van der Waals surface area (Å²) in [5.41, 5.74) is 0.798. The molecule has 1 unspecified atom stereocenters. The third kappa shape index (κ3) is 6.20. The summed E-state index contributed by atoms with van der Waals surface area (Å²) in [6.45, 7) is 1.77. The van der Waals surface area contributed by atoms with Gasteiger partial charge in [-0.05, 0) is 42.8 Å². The standard InChI is InChI=1S/C19H22F2N2O3S2/c1-14(23(28(2,25)26)17-9-7-16(20)8-10-17)19(24)22-11-12-27-13-15-5-3-4-6-18(15)21/h3-10,14H,11-13H2,1-2H3,(H,22,24). The highest BCUT2D eigenvalue weighted by molar-refractivity contribution is 7.98. The van der Waals surface area contributed by atoms with E-state index in [-0.39, 0.29) is 11.5 Å². The summed E-state index contributed by atoms with van der Waals surface area (Å²) in [6.07, 6.45) is 0.990. The molecule has 2 rings (SSSR count). The molecule has 0 heterocycles. The van der Waals surface area contributed by atoms with Crippen molar-refractivity contribution >= 4 is 33.4 Å². The number of hydrogen-bond donors (Lipinski definition) is 1. The second kappa shape index (κ2) is 9.88. The van der Waals surface area contributed by atoms with Crippen molar-refractivity contribution in [3.8, 4) is 0 Å². The summed E-state index contributed by atoms with van der Waals surface area (Å²) in [6, 6.07) is 10.4. The number of sulfonamides is 1. The zero-order valence-electron chi connectivity index (χ0n) is 15.6. The van der Waals surface area contributed by atoms with Gasteiger partial charge in [-0.25, -0.2) is 17.2 Å². The fourth-order valence-corrected chi connectivity index (χ4v) is 4.61. The third-order valence-electron chi connectivity index (χ3n) is 3.93. The van der Waals surface area contributed by atoms with Crippen molar-refractivity contribution in [3.05, 3.63) is 65.7 Å². The lowest BCUT2D eigenvalue weighted by Crippen LogP contribution is -2.48. The number of halogens is 2. The van der Waals surface area contributed by atoms with Crippen molar-refractivity contribution < 1.29 is 22.0 Å². The van der Waals surface area contributed by atoms with Crippen LogP contribution in [0.25, 0.3) is 0 Å². The van der Waals surface area contributed by atoms with E-state index in [1.54, 1.807) is 18.2 Å². The van der Waals surface area contributed by atoms with Gasteiger partial charge in [0, 0.05) is 18.1 Å². The average Bonchev–Trinajstić information content (AvgIpc) is 2.63. The lowest BCUT2D eigenvalue weighted by atomic mass is 10.2. The molecule has 0 aliphatic heterocycles. The van der Waals surface area contributed by atoms with E-state index in [2.05, 4.69) is 5.32 Å². The molecule has 0 aliphatic rings. The second-order valence-electron chi connectivity index (χ2n) is 6.15. The van der Waals surface area contributed by atoms with Crippen molar-refractivity contribution in [2.45, 2.75) is 18.7 Å². The highest BCUT2D eigenvalue weighted by Crippen LogP contribution is 2.21. The SMILES string of the molecule is CC(C(=O)NCCSCc1ccccc1F)N(c1ccc(F)cc1)S(C)(=O)=O. The Morgan fingerprint density at radius 1 is 1.14 bits per heavy atom. The highest BCUT2D eigenvalue weighted by Gasteiger charge is 2.28. The molecular weight excluding hydrogens is 406 g/mol. The minimum absolute atomic E-state index is 0.209. The molecule has 0 aromatic heterocycles. The lowest BCUT2D eigenvalue weighted by Gasteiger charge is -2.28. The number of amides is 1. The number of hydrogen-bond acceptors (Lipinski definition) is 4. The Labute approximate surface area is 168 Å². The highest BCUT2D eigenvalue weighted by atomic mass is 32.2. The third-order valence-corrected chi connectivity index (χ3v) is 6.18. The maximum absolute atomic E-state index is 13.6. The van der Waals surface area contributed by atoms with Crippen LogP contribution in [0.5, 0.6) is 0 Å². The maximum atomic E-state index is 13.6. The molecule has 2 aromatic carbocycles. The normalized spacial score (nSPS) is 12.4. The molecule has 0 spiro atoms. The van der Waals surface area contributed by atoms with Crippen LogP contribution in [-0.2, 0) is 20.6 Å². The van der Waals surface area contributed by atoms with Crippen molar-refractivity contribution in [3.63, 3.8) is 0 Å². The van der Waals surface area contributed by atoms with Gasteiger partial charge in [0.2, 0.25) is 15.9 Å². The fourth-order valence-electron chi connectivity index (χ4n) is 2.59. The van der Waals surface area contributed by atoms with Crippen LogP contribution in [0.1, 0.15) is 12.5 Å². The molecule has 0 aliphatic carbocycles. The molecule has 0 fully saturated rings. The van der Waals surface area contributed by atoms with E-state index in [0.29, 0.717) is 23.6 Å². The molecule has 0 bridgehead atoms. The number of benzene rings is 2. The molecule has 0 saturated carbocycles. The largest absolute Gasteiger partial charge is 0.353 e. The van der Waals surface area contributed by atoms with Gasteiger partial charge < -0.3 is 5.32 Å². The van der Waals surface area contributed by atoms with Gasteiger partial charge in [0.15, 0.2) is 0 Å². The molecule has 152 valence electrons. The van der Waals surface area contributed by atoms with Crippen LogP contribution in [0.3, 0.4) is 0 Å². The Bertz CT molecular complexity index is 906. The molecule has 2 aromatic rings. The number of nitrogens with one attached hydrogen (secondary N) is 1. The molecule has 1 atom stereocenters. The number of carbonyl (C=O) groups excluding carboxylic acids is 1. The maximum Gasteiger partial charge on any atom is 0.243 e. The number of thioether (sulfide) groups is 1. The van der Waals surface area contributed by atoms with Crippen molar-refractivity contribution in [1.82, 2.24) is 5.32 Å². The smallest absolute Gasteiger partial charge is 0.243 e. The number of carbonyl (C=O) groups is 1. The van der Waals surface area contributed by atoms with Crippen LogP contribution in [-0.4, -0.2) is 38.9 Å². The Kier molecular flexibility index (Phi) is 7.82. The second-order valence-corrected chi connectivity index (χ2v) is 9.11. The molecule has 9 heteroatoms. The summed E-state index contributed by atoms with van der Waals surface area (Å²) in [5.74, 6) is -0.219. The zero-order valence-corrected chi connectivity index (χ0v) is 17.2. The van der Waals surface area contributed by atoms with Gasteiger partial charge in [0.05, 0.1) is 11.9 Å². The molecule has 0 radical (unpaired) electrons. The summed E-state index contributed by atoms with van der Waals surface area (Å²) in [5, 5.41) is 2.68. The molecule has 1 amide bonds. The van der Waals surface area contributed by atoms with Crippen LogP contribution in [0.15, 0.2) is 48.5 Å². The molecular formula is C19H22F2N2O3S2. The first-order chi connectivity index (χ1) is 13.2. The Balaban J connectivity index is 1.90. The molecule has 5 nitrogen and oxygen atoms in total. The van der Waals surface area contributed by atoms with Gasteiger partial charge in [-0.2, -0.15) is 11.8 Å². The van der Waals surface area contributed by atoms with Crippen LogP contribution < -0.4 is 9.62 Å². The Morgan fingerprint density at radius 3 is 2.39 bits per heavy atom. The van der Waals surface area contributed by atoms with E-state index >= 15 is 0 Å². The van der Waals surface area contributed by atoms with E-state index in [0.717, 1.165) is 22.7 Å². The first kappa shape index (κ1) is 22.2. The fraction of sp³-hybridized carbons (Fsp3) is 0.316. The Morgan fingerprint density at radius 2 is 1.79 bits per heavy atom. The zero-order chi connectivity index (χ0) is 20.7. The minimum atomic E-state index is -3.75. The Hall–Kier alpha value is -2.13. The number of nitrogens with zero attached hydrogens (tertiary/aromatic N) is 1. The predicted molar refractivity (Wildman–Crippen MR) is 109 cm³/mol. The summed E-state index contributed by atoms with van der Waals surface area (Å²) in [7, 11) is -3.75. The van der Waals surface area contributed by atoms with Gasteiger partial charge >= 0.3 is 0 Å². The molecule has 0 saturated heterocycles. The summed E-state index contributed by atoms with van der Waals surface area (Å²) in [4.78, 5) is 12.4. The number of anilines is 1. The molecule has 1 N–H and O–H groups in total. The van der Waals surface area contributed by atoms with E-state index in [1.165, 1.54) is 36.9 Å². The van der Waals surface area contributed by atoms with Gasteiger partial charge in [-0.15, -0.1) is 0 Å². The molecule has 28 heavy (non-hydrogen) atoms. The topological polar surface area (TPSA) is 66.5 Å². The van der Waals surface area contributed by atoms with Crippen molar-refractivity contribution in [1.29, 1.82) is 0 Å². The average molecular weight is 429 g/mol. The summed E-state index contributed by atoms with van der Waals surface area (Å²) < 4.78 is 51.9. The monoisotopic (exact) mass is 428 g/mol. The lowest BCUT2D eigenvalue weighted by molar-refractivity contribution is -0.121. The van der Waals surface area contributed by atoms with Crippen LogP contribution in [0.2, 0.25) is 0 Å². The van der Waals surface area contributed by atoms with Gasteiger partial charge in [-0.3, -0.25) is 9.10 Å². The first-order valence-electron chi connectivity index (χ1n) is 8.54. The van der Waals surface area contributed by atoms with E-state index in [1.807, 2.05) is 0 Å². The van der Waals surface area contributed by atoms with Crippen LogP contribution in [0, 0.1) is 11.6 Å². The van der Waals surface area contributed by atoms with Crippen molar-refractivity contribution in [2.75, 3.05) is 22.9 Å². The predicted octanol–water partition coefficient (Wildman–Crippen LogP) is 3.17. The first-order valence-corrected chi connectivity index (χ1v) is 11.5. The van der Waals surface area contributed by atoms with Crippen molar-refractivity contribution in [2.24, 2.45) is 0 Å². The van der Waals surface area contributed by atoms with Gasteiger partial charge in [0.1, 0.15) is 17.7 Å².